The SMILES string of the molecule is CC(C)(c1cccc(-c2cc(F)nc(F)c2)n1)c1cccc(-n2ccc(C(F)(F)F)n2)n1. The lowest BCUT2D eigenvalue weighted by molar-refractivity contribution is -0.141. The third-order valence-electron chi connectivity index (χ3n) is 4.94. The molecular formula is C22H16F5N5. The maximum Gasteiger partial charge on any atom is 0.435 e. The molecule has 10 heteroatoms. The van der Waals surface area contributed by atoms with Crippen molar-refractivity contribution in [2.24, 2.45) is 0 Å². The van der Waals surface area contributed by atoms with E-state index in [-0.39, 0.29) is 11.4 Å². The van der Waals surface area contributed by atoms with Gasteiger partial charge in [0.1, 0.15) is 0 Å². The van der Waals surface area contributed by atoms with Gasteiger partial charge in [-0.25, -0.2) is 9.67 Å². The normalized spacial score (nSPS) is 12.2. The summed E-state index contributed by atoms with van der Waals surface area (Å²) in [5, 5.41) is 3.55. The minimum absolute atomic E-state index is 0.209. The maximum absolute atomic E-state index is 13.5. The van der Waals surface area contributed by atoms with E-state index in [1.807, 2.05) is 13.8 Å². The molecule has 4 rings (SSSR count). The Kier molecular flexibility index (Phi) is 5.23. The predicted octanol–water partition coefficient (Wildman–Crippen LogP) is 5.35. The molecule has 0 fully saturated rings. The second-order valence-electron chi connectivity index (χ2n) is 7.56. The van der Waals surface area contributed by atoms with E-state index in [4.69, 9.17) is 0 Å². The van der Waals surface area contributed by atoms with Gasteiger partial charge in [-0.1, -0.05) is 12.1 Å². The molecule has 4 aromatic rings. The van der Waals surface area contributed by atoms with E-state index in [2.05, 4.69) is 20.1 Å². The Balaban J connectivity index is 1.71. The monoisotopic (exact) mass is 445 g/mol. The van der Waals surface area contributed by atoms with Crippen LogP contribution in [0.2, 0.25) is 0 Å². The summed E-state index contributed by atoms with van der Waals surface area (Å²) in [6, 6.07) is 13.0. The first-order chi connectivity index (χ1) is 15.0. The zero-order valence-electron chi connectivity index (χ0n) is 16.9. The molecule has 4 heterocycles. The summed E-state index contributed by atoms with van der Waals surface area (Å²) in [6.07, 6.45) is -3.37. The van der Waals surface area contributed by atoms with Crippen molar-refractivity contribution in [2.45, 2.75) is 25.4 Å². The van der Waals surface area contributed by atoms with Gasteiger partial charge in [-0.2, -0.15) is 32.0 Å². The molecule has 0 N–H and O–H groups in total. The van der Waals surface area contributed by atoms with Crippen molar-refractivity contribution in [3.05, 3.63) is 89.8 Å². The van der Waals surface area contributed by atoms with Gasteiger partial charge in [-0.05, 0) is 44.2 Å². The van der Waals surface area contributed by atoms with Crippen LogP contribution in [0.25, 0.3) is 17.1 Å². The molecule has 0 aliphatic heterocycles. The fourth-order valence-corrected chi connectivity index (χ4v) is 3.19. The third-order valence-corrected chi connectivity index (χ3v) is 4.94. The summed E-state index contributed by atoms with van der Waals surface area (Å²) >= 11 is 0. The average Bonchev–Trinajstić information content (AvgIpc) is 3.24. The zero-order valence-corrected chi connectivity index (χ0v) is 16.9. The van der Waals surface area contributed by atoms with Gasteiger partial charge in [-0.15, -0.1) is 0 Å². The van der Waals surface area contributed by atoms with Crippen molar-refractivity contribution in [3.8, 4) is 17.1 Å². The summed E-state index contributed by atoms with van der Waals surface area (Å²) in [6.45, 7) is 3.67. The Morgan fingerprint density at radius 3 is 2.00 bits per heavy atom. The zero-order chi connectivity index (χ0) is 23.1. The first-order valence-corrected chi connectivity index (χ1v) is 9.46. The van der Waals surface area contributed by atoms with Gasteiger partial charge in [0.15, 0.2) is 11.5 Å². The molecule has 0 spiro atoms. The number of pyridine rings is 3. The van der Waals surface area contributed by atoms with Crippen molar-refractivity contribution in [1.82, 2.24) is 24.7 Å². The highest BCUT2D eigenvalue weighted by Gasteiger charge is 2.34. The second-order valence-corrected chi connectivity index (χ2v) is 7.56. The van der Waals surface area contributed by atoms with Crippen molar-refractivity contribution < 1.29 is 22.0 Å². The van der Waals surface area contributed by atoms with E-state index in [1.54, 1.807) is 36.4 Å². The third kappa shape index (κ3) is 4.20. The molecule has 0 amide bonds. The Bertz CT molecular complexity index is 1260. The summed E-state index contributed by atoms with van der Waals surface area (Å²) in [4.78, 5) is 12.1. The topological polar surface area (TPSA) is 56.5 Å². The quantitative estimate of drug-likeness (QED) is 0.314. The molecule has 0 atom stereocenters. The molecule has 0 radical (unpaired) electrons. The molecule has 0 saturated heterocycles. The second kappa shape index (κ2) is 7.77. The summed E-state index contributed by atoms with van der Waals surface area (Å²) in [5.41, 5.74) is -0.157. The number of hydrogen-bond donors (Lipinski definition) is 0. The Morgan fingerprint density at radius 2 is 1.38 bits per heavy atom. The number of nitrogens with zero attached hydrogens (tertiary/aromatic N) is 5. The molecule has 4 aromatic heterocycles. The highest BCUT2D eigenvalue weighted by Crippen LogP contribution is 2.32. The molecular weight excluding hydrogens is 429 g/mol. The molecule has 0 unspecified atom stereocenters. The molecule has 0 bridgehead atoms. The number of hydrogen-bond acceptors (Lipinski definition) is 4. The van der Waals surface area contributed by atoms with Gasteiger partial charge in [-0.3, -0.25) is 4.98 Å². The van der Waals surface area contributed by atoms with Crippen LogP contribution in [-0.4, -0.2) is 24.7 Å². The van der Waals surface area contributed by atoms with Gasteiger partial charge in [0.05, 0.1) is 17.1 Å². The van der Waals surface area contributed by atoms with Crippen molar-refractivity contribution >= 4 is 0 Å². The summed E-state index contributed by atoms with van der Waals surface area (Å²) in [7, 11) is 0. The molecule has 164 valence electrons. The summed E-state index contributed by atoms with van der Waals surface area (Å²) in [5.74, 6) is -1.71. The lowest BCUT2D eigenvalue weighted by Gasteiger charge is -2.24. The van der Waals surface area contributed by atoms with Crippen LogP contribution in [0.3, 0.4) is 0 Å². The largest absolute Gasteiger partial charge is 0.435 e. The highest BCUT2D eigenvalue weighted by molar-refractivity contribution is 5.59. The number of alkyl halides is 3. The molecule has 5 nitrogen and oxygen atoms in total. The lowest BCUT2D eigenvalue weighted by Crippen LogP contribution is -2.23. The molecule has 32 heavy (non-hydrogen) atoms. The fourth-order valence-electron chi connectivity index (χ4n) is 3.19. The standard InChI is InChI=1S/C22H16F5N5/c1-21(2,15-6-3-5-14(28-15)13-11-18(23)30-19(24)12-13)16-7-4-8-20(29-16)32-10-9-17(31-32)22(25,26)27/h3-12H,1-2H3. The van der Waals surface area contributed by atoms with Crippen LogP contribution in [0.15, 0.2) is 60.8 Å². The number of halogens is 5. The van der Waals surface area contributed by atoms with E-state index in [1.165, 1.54) is 6.20 Å². The van der Waals surface area contributed by atoms with E-state index in [9.17, 15) is 22.0 Å². The van der Waals surface area contributed by atoms with E-state index >= 15 is 0 Å². The van der Waals surface area contributed by atoms with E-state index < -0.39 is 29.2 Å². The van der Waals surface area contributed by atoms with Gasteiger partial charge in [0.2, 0.25) is 11.9 Å². The number of aromatic nitrogens is 5. The first kappa shape index (κ1) is 21.5. The van der Waals surface area contributed by atoms with Crippen molar-refractivity contribution in [1.29, 1.82) is 0 Å². The van der Waals surface area contributed by atoms with Gasteiger partial charge >= 0.3 is 6.18 Å². The van der Waals surface area contributed by atoms with Crippen LogP contribution >= 0.6 is 0 Å². The van der Waals surface area contributed by atoms with Crippen LogP contribution in [0, 0.1) is 11.9 Å². The summed E-state index contributed by atoms with van der Waals surface area (Å²) < 4.78 is 66.7. The molecule has 0 aliphatic carbocycles. The number of rotatable bonds is 4. The van der Waals surface area contributed by atoms with Crippen LogP contribution < -0.4 is 0 Å². The van der Waals surface area contributed by atoms with E-state index in [0.29, 0.717) is 17.1 Å². The van der Waals surface area contributed by atoms with E-state index in [0.717, 1.165) is 22.9 Å². The maximum atomic E-state index is 13.5. The highest BCUT2D eigenvalue weighted by atomic mass is 19.4. The van der Waals surface area contributed by atoms with Gasteiger partial charge < -0.3 is 0 Å². The Labute approximate surface area is 179 Å². The predicted molar refractivity (Wildman–Crippen MR) is 106 cm³/mol. The molecule has 0 aliphatic rings. The average molecular weight is 445 g/mol. The lowest BCUT2D eigenvalue weighted by atomic mass is 9.84. The van der Waals surface area contributed by atoms with Crippen molar-refractivity contribution in [3.63, 3.8) is 0 Å². The van der Waals surface area contributed by atoms with Crippen LogP contribution in [0.4, 0.5) is 22.0 Å². The molecule has 0 saturated carbocycles. The Morgan fingerprint density at radius 1 is 0.750 bits per heavy atom. The van der Waals surface area contributed by atoms with Gasteiger partial charge in [0.25, 0.3) is 0 Å². The van der Waals surface area contributed by atoms with Crippen molar-refractivity contribution in [2.75, 3.05) is 0 Å². The van der Waals surface area contributed by atoms with Crippen LogP contribution in [0.1, 0.15) is 30.9 Å². The van der Waals surface area contributed by atoms with Gasteiger partial charge in [0, 0.05) is 29.3 Å². The molecule has 0 aromatic carbocycles. The minimum Gasteiger partial charge on any atom is -0.252 e. The smallest absolute Gasteiger partial charge is 0.252 e. The first-order valence-electron chi connectivity index (χ1n) is 9.46. The van der Waals surface area contributed by atoms with Crippen LogP contribution in [0.5, 0.6) is 0 Å². The fraction of sp³-hybridized carbons (Fsp3) is 0.182. The Hall–Kier alpha value is -3.69. The van der Waals surface area contributed by atoms with Crippen LogP contribution in [-0.2, 0) is 11.6 Å². The minimum atomic E-state index is -4.56.